The molecule has 1 fully saturated rings. The van der Waals surface area contributed by atoms with Gasteiger partial charge >= 0.3 is 0 Å². The van der Waals surface area contributed by atoms with Gasteiger partial charge < -0.3 is 4.74 Å². The van der Waals surface area contributed by atoms with Crippen LogP contribution in [0.25, 0.3) is 6.08 Å². The molecule has 5 rings (SSSR count). The van der Waals surface area contributed by atoms with Gasteiger partial charge in [0.1, 0.15) is 6.61 Å². The molecule has 1 aliphatic rings. The molecule has 0 radical (unpaired) electrons. The number of hydrogen-bond donors (Lipinski definition) is 0. The Bertz CT molecular complexity index is 1500. The lowest BCUT2D eigenvalue weighted by atomic mass is 10.2. The number of nitrogens with zero attached hydrogens (tertiary/aromatic N) is 2. The smallest absolute Gasteiger partial charge is 0.267 e. The van der Waals surface area contributed by atoms with E-state index >= 15 is 0 Å². The number of thioether (sulfide) groups is 1. The van der Waals surface area contributed by atoms with Crippen molar-refractivity contribution in [3.05, 3.63) is 139 Å². The van der Waals surface area contributed by atoms with Gasteiger partial charge in [-0.1, -0.05) is 108 Å². The van der Waals surface area contributed by atoms with Crippen LogP contribution in [-0.4, -0.2) is 16.0 Å². The first kappa shape index (κ1) is 27.4. The number of ether oxygens (including phenoxy) is 1. The van der Waals surface area contributed by atoms with E-state index in [-0.39, 0.29) is 5.91 Å². The van der Waals surface area contributed by atoms with Gasteiger partial charge in [0, 0.05) is 5.02 Å². The molecular formula is C31H23Cl3N2O2S. The SMILES string of the molecule is O=C1/C(=C\c2cc(Cl)c(OCc3ccc(Cl)cc3)c(Cl)c2)SC(=NCc2ccccc2)N1Cc1ccccc1. The minimum Gasteiger partial charge on any atom is -0.486 e. The zero-order chi connectivity index (χ0) is 27.2. The number of benzene rings is 4. The molecule has 0 bridgehead atoms. The van der Waals surface area contributed by atoms with Crippen LogP contribution >= 0.6 is 46.6 Å². The second-order valence-corrected chi connectivity index (χ2v) is 11.1. The molecule has 1 heterocycles. The van der Waals surface area contributed by atoms with Crippen molar-refractivity contribution in [1.29, 1.82) is 0 Å². The fourth-order valence-electron chi connectivity index (χ4n) is 3.96. The number of amidine groups is 1. The third-order valence-corrected chi connectivity index (χ3v) is 7.78. The van der Waals surface area contributed by atoms with Gasteiger partial charge in [0.15, 0.2) is 10.9 Å². The number of rotatable bonds is 8. The highest BCUT2D eigenvalue weighted by atomic mass is 35.5. The molecule has 8 heteroatoms. The summed E-state index contributed by atoms with van der Waals surface area (Å²) in [4.78, 5) is 20.5. The van der Waals surface area contributed by atoms with Crippen LogP contribution in [0.1, 0.15) is 22.3 Å². The van der Waals surface area contributed by atoms with Gasteiger partial charge in [0.2, 0.25) is 0 Å². The number of carbonyl (C=O) groups is 1. The molecule has 0 N–H and O–H groups in total. The molecule has 0 saturated carbocycles. The predicted molar refractivity (Wildman–Crippen MR) is 162 cm³/mol. The van der Waals surface area contributed by atoms with Crippen molar-refractivity contribution in [1.82, 2.24) is 4.90 Å². The van der Waals surface area contributed by atoms with E-state index in [1.807, 2.05) is 72.8 Å². The normalized spacial score (nSPS) is 15.4. The zero-order valence-corrected chi connectivity index (χ0v) is 23.8. The van der Waals surface area contributed by atoms with Crippen molar-refractivity contribution >= 4 is 63.7 Å². The number of halogens is 3. The quantitative estimate of drug-likeness (QED) is 0.192. The van der Waals surface area contributed by atoms with E-state index in [1.54, 1.807) is 35.2 Å². The van der Waals surface area contributed by atoms with Crippen LogP contribution in [0.4, 0.5) is 0 Å². The third-order valence-electron chi connectivity index (χ3n) is 5.93. The summed E-state index contributed by atoms with van der Waals surface area (Å²) in [5, 5.41) is 2.02. The van der Waals surface area contributed by atoms with Crippen LogP contribution in [-0.2, 0) is 24.5 Å². The van der Waals surface area contributed by atoms with E-state index in [1.165, 1.54) is 11.8 Å². The van der Waals surface area contributed by atoms with E-state index < -0.39 is 0 Å². The van der Waals surface area contributed by atoms with Crippen LogP contribution in [0, 0.1) is 0 Å². The summed E-state index contributed by atoms with van der Waals surface area (Å²) < 4.78 is 5.89. The Hall–Kier alpha value is -3.22. The highest BCUT2D eigenvalue weighted by molar-refractivity contribution is 8.18. The highest BCUT2D eigenvalue weighted by Crippen LogP contribution is 2.38. The van der Waals surface area contributed by atoms with Gasteiger partial charge in [-0.05, 0) is 64.4 Å². The van der Waals surface area contributed by atoms with Crippen LogP contribution in [0.2, 0.25) is 15.1 Å². The Kier molecular flexibility index (Phi) is 8.95. The lowest BCUT2D eigenvalue weighted by Crippen LogP contribution is -2.28. The maximum Gasteiger partial charge on any atom is 0.267 e. The van der Waals surface area contributed by atoms with Crippen molar-refractivity contribution in [2.75, 3.05) is 0 Å². The van der Waals surface area contributed by atoms with Gasteiger partial charge in [-0.3, -0.25) is 14.7 Å². The molecule has 1 saturated heterocycles. The first-order valence-corrected chi connectivity index (χ1v) is 14.1. The third kappa shape index (κ3) is 7.06. The molecule has 4 aromatic carbocycles. The Morgan fingerprint density at radius 2 is 1.41 bits per heavy atom. The summed E-state index contributed by atoms with van der Waals surface area (Å²) in [6.45, 7) is 1.20. The number of amides is 1. The fourth-order valence-corrected chi connectivity index (χ4v) is 5.68. The van der Waals surface area contributed by atoms with Gasteiger partial charge in [-0.2, -0.15) is 0 Å². The summed E-state index contributed by atoms with van der Waals surface area (Å²) in [5.41, 5.74) is 3.73. The Balaban J connectivity index is 1.38. The zero-order valence-electron chi connectivity index (χ0n) is 20.7. The Labute approximate surface area is 246 Å². The highest BCUT2D eigenvalue weighted by Gasteiger charge is 2.33. The van der Waals surface area contributed by atoms with E-state index in [9.17, 15) is 4.79 Å². The van der Waals surface area contributed by atoms with Gasteiger partial charge in [-0.15, -0.1) is 0 Å². The Morgan fingerprint density at radius 3 is 2.05 bits per heavy atom. The van der Waals surface area contributed by atoms with Crippen molar-refractivity contribution in [3.63, 3.8) is 0 Å². The van der Waals surface area contributed by atoms with Crippen molar-refractivity contribution < 1.29 is 9.53 Å². The summed E-state index contributed by atoms with van der Waals surface area (Å²) in [6.07, 6.45) is 1.79. The molecule has 0 atom stereocenters. The van der Waals surface area contributed by atoms with Crippen molar-refractivity contribution in [2.45, 2.75) is 19.7 Å². The summed E-state index contributed by atoms with van der Waals surface area (Å²) >= 11 is 20.4. The maximum absolute atomic E-state index is 13.5. The second kappa shape index (κ2) is 12.8. The molecule has 0 aliphatic carbocycles. The van der Waals surface area contributed by atoms with Gasteiger partial charge in [0.25, 0.3) is 5.91 Å². The summed E-state index contributed by atoms with van der Waals surface area (Å²) in [6, 6.07) is 30.7. The molecule has 39 heavy (non-hydrogen) atoms. The molecule has 0 aromatic heterocycles. The Morgan fingerprint density at radius 1 is 0.795 bits per heavy atom. The number of hydrogen-bond acceptors (Lipinski definition) is 4. The van der Waals surface area contributed by atoms with Crippen molar-refractivity contribution in [2.24, 2.45) is 4.99 Å². The lowest BCUT2D eigenvalue weighted by molar-refractivity contribution is -0.122. The minimum absolute atomic E-state index is 0.119. The average Bonchev–Trinajstić information content (AvgIpc) is 3.22. The average molecular weight is 594 g/mol. The lowest BCUT2D eigenvalue weighted by Gasteiger charge is -2.15. The standard InChI is InChI=1S/C31H23Cl3N2O2S/c32-25-13-11-23(12-14-25)20-38-29-26(33)15-24(16-27(29)34)17-28-30(37)36(19-22-9-5-2-6-10-22)31(39-28)35-18-21-7-3-1-4-8-21/h1-17H,18-20H2/b28-17+,35-31?. The molecular weight excluding hydrogens is 571 g/mol. The number of carbonyl (C=O) groups excluding carboxylic acids is 1. The monoisotopic (exact) mass is 592 g/mol. The second-order valence-electron chi connectivity index (χ2n) is 8.80. The fraction of sp³-hybridized carbons (Fsp3) is 0.0968. The van der Waals surface area contributed by atoms with Crippen LogP contribution in [0.3, 0.4) is 0 Å². The summed E-state index contributed by atoms with van der Waals surface area (Å²) in [5.74, 6) is 0.266. The topological polar surface area (TPSA) is 41.9 Å². The van der Waals surface area contributed by atoms with Crippen LogP contribution in [0.5, 0.6) is 5.75 Å². The van der Waals surface area contributed by atoms with Crippen molar-refractivity contribution in [3.8, 4) is 5.75 Å². The molecule has 4 nitrogen and oxygen atoms in total. The minimum atomic E-state index is -0.119. The first-order chi connectivity index (χ1) is 19.0. The van der Waals surface area contributed by atoms with E-state index in [0.717, 1.165) is 16.7 Å². The van der Waals surface area contributed by atoms with E-state index in [0.29, 0.717) is 56.2 Å². The van der Waals surface area contributed by atoms with Gasteiger partial charge in [0.05, 0.1) is 28.0 Å². The molecule has 0 spiro atoms. The van der Waals surface area contributed by atoms with E-state index in [2.05, 4.69) is 0 Å². The molecule has 1 aliphatic heterocycles. The first-order valence-electron chi connectivity index (χ1n) is 12.2. The largest absolute Gasteiger partial charge is 0.486 e. The van der Waals surface area contributed by atoms with Crippen LogP contribution in [0.15, 0.2) is 107 Å². The molecule has 0 unspecified atom stereocenters. The van der Waals surface area contributed by atoms with Crippen LogP contribution < -0.4 is 4.74 Å². The summed E-state index contributed by atoms with van der Waals surface area (Å²) in [7, 11) is 0. The van der Waals surface area contributed by atoms with E-state index in [4.69, 9.17) is 44.5 Å². The molecule has 196 valence electrons. The number of aliphatic imine (C=N–C) groups is 1. The predicted octanol–water partition coefficient (Wildman–Crippen LogP) is 8.90. The molecule has 4 aromatic rings. The molecule has 1 amide bonds. The maximum atomic E-state index is 13.5. The van der Waals surface area contributed by atoms with Gasteiger partial charge in [-0.25, -0.2) is 0 Å².